The molecule has 2 saturated heterocycles. The van der Waals surface area contributed by atoms with Crippen molar-refractivity contribution in [2.45, 2.75) is 45.4 Å². The molecule has 4 rings (SSSR count). The van der Waals surface area contributed by atoms with Crippen molar-refractivity contribution in [2.75, 3.05) is 44.2 Å². The van der Waals surface area contributed by atoms with Gasteiger partial charge in [0.05, 0.1) is 5.41 Å². The molecule has 2 aliphatic heterocycles. The summed E-state index contributed by atoms with van der Waals surface area (Å²) in [4.78, 5) is 22.5. The Balaban J connectivity index is 1.44. The summed E-state index contributed by atoms with van der Waals surface area (Å²) >= 11 is 1.49. The second-order valence-electron chi connectivity index (χ2n) is 7.71. The molecular formula is C18H29N5OS. The highest BCUT2D eigenvalue weighted by Crippen LogP contribution is 2.45. The summed E-state index contributed by atoms with van der Waals surface area (Å²) in [6.45, 7) is 7.53. The molecule has 3 aliphatic rings. The molecule has 6 nitrogen and oxygen atoms in total. The van der Waals surface area contributed by atoms with Crippen molar-refractivity contribution in [3.05, 3.63) is 5.82 Å². The van der Waals surface area contributed by atoms with E-state index < -0.39 is 0 Å². The van der Waals surface area contributed by atoms with Crippen molar-refractivity contribution >= 4 is 22.6 Å². The molecule has 7 heteroatoms. The number of amides is 1. The third kappa shape index (κ3) is 3.16. The van der Waals surface area contributed by atoms with Crippen molar-refractivity contribution < 1.29 is 4.79 Å². The van der Waals surface area contributed by atoms with E-state index in [0.29, 0.717) is 11.8 Å². The summed E-state index contributed by atoms with van der Waals surface area (Å²) in [7, 11) is 0. The molecule has 0 unspecified atom stereocenters. The normalized spacial score (nSPS) is 30.2. The Morgan fingerprint density at radius 2 is 2.20 bits per heavy atom. The van der Waals surface area contributed by atoms with E-state index in [1.807, 2.05) is 0 Å². The highest BCUT2D eigenvalue weighted by molar-refractivity contribution is 7.09. The third-order valence-electron chi connectivity index (χ3n) is 6.29. The van der Waals surface area contributed by atoms with Gasteiger partial charge < -0.3 is 15.1 Å². The number of hydrogen-bond donors (Lipinski definition) is 1. The number of anilines is 1. The molecule has 3 fully saturated rings. The summed E-state index contributed by atoms with van der Waals surface area (Å²) in [5.41, 5.74) is -0.120. The Kier molecular flexibility index (Phi) is 4.95. The number of carbonyl (C=O) groups is 1. The first-order chi connectivity index (χ1) is 12.2. The fraction of sp³-hybridized carbons (Fsp3) is 0.833. The van der Waals surface area contributed by atoms with Crippen LogP contribution in [0.5, 0.6) is 0 Å². The lowest BCUT2D eigenvalue weighted by atomic mass is 9.67. The van der Waals surface area contributed by atoms with Crippen LogP contribution in [-0.4, -0.2) is 59.4 Å². The minimum Gasteiger partial charge on any atom is -0.345 e. The Morgan fingerprint density at radius 3 is 3.04 bits per heavy atom. The molecule has 1 aromatic rings. The van der Waals surface area contributed by atoms with Crippen LogP contribution in [0, 0.1) is 11.3 Å². The molecule has 0 spiro atoms. The van der Waals surface area contributed by atoms with Gasteiger partial charge in [-0.2, -0.15) is 4.37 Å². The second kappa shape index (κ2) is 7.19. The Labute approximate surface area is 154 Å². The van der Waals surface area contributed by atoms with Gasteiger partial charge in [-0.1, -0.05) is 19.8 Å². The maximum atomic E-state index is 13.4. The van der Waals surface area contributed by atoms with Gasteiger partial charge in [0.15, 0.2) is 0 Å². The number of rotatable bonds is 3. The first-order valence-corrected chi connectivity index (χ1v) is 10.6. The molecule has 0 aromatic carbocycles. The predicted octanol–water partition coefficient (Wildman–Crippen LogP) is 1.92. The molecule has 1 aromatic heterocycles. The maximum Gasteiger partial charge on any atom is 0.230 e. The largest absolute Gasteiger partial charge is 0.345 e. The SMILES string of the molecule is CCc1nsc(N2CCCN(C(=O)[C@@]34CCCC[C@H]3CNC4)CC2)n1. The van der Waals surface area contributed by atoms with E-state index in [0.717, 1.165) is 69.5 Å². The molecule has 0 bridgehead atoms. The van der Waals surface area contributed by atoms with Crippen LogP contribution >= 0.6 is 11.5 Å². The Hall–Kier alpha value is -1.21. The summed E-state index contributed by atoms with van der Waals surface area (Å²) in [6.07, 6.45) is 6.66. The average molecular weight is 364 g/mol. The van der Waals surface area contributed by atoms with Gasteiger partial charge in [0.1, 0.15) is 5.82 Å². The zero-order valence-corrected chi connectivity index (χ0v) is 16.0. The molecule has 138 valence electrons. The van der Waals surface area contributed by atoms with Crippen LogP contribution in [0.4, 0.5) is 5.13 Å². The van der Waals surface area contributed by atoms with Gasteiger partial charge in [0.2, 0.25) is 11.0 Å². The van der Waals surface area contributed by atoms with Gasteiger partial charge in [-0.15, -0.1) is 0 Å². The summed E-state index contributed by atoms with van der Waals surface area (Å²) in [6, 6.07) is 0. The van der Waals surface area contributed by atoms with Crippen molar-refractivity contribution in [3.63, 3.8) is 0 Å². The molecule has 3 heterocycles. The number of carbonyl (C=O) groups excluding carboxylic acids is 1. The molecule has 1 amide bonds. The number of nitrogens with one attached hydrogen (secondary N) is 1. The topological polar surface area (TPSA) is 61.4 Å². The van der Waals surface area contributed by atoms with E-state index in [1.54, 1.807) is 0 Å². The van der Waals surface area contributed by atoms with Gasteiger partial charge >= 0.3 is 0 Å². The third-order valence-corrected chi connectivity index (χ3v) is 7.11. The van der Waals surface area contributed by atoms with Gasteiger partial charge in [-0.25, -0.2) is 4.98 Å². The first-order valence-electron chi connectivity index (χ1n) is 9.80. The van der Waals surface area contributed by atoms with Crippen LogP contribution in [0.2, 0.25) is 0 Å². The molecule has 1 aliphatic carbocycles. The summed E-state index contributed by atoms with van der Waals surface area (Å²) in [5, 5.41) is 4.53. The van der Waals surface area contributed by atoms with Crippen LogP contribution in [0.1, 0.15) is 44.9 Å². The predicted molar refractivity (Wildman–Crippen MR) is 100.0 cm³/mol. The highest BCUT2D eigenvalue weighted by Gasteiger charge is 2.51. The monoisotopic (exact) mass is 363 g/mol. The molecule has 0 radical (unpaired) electrons. The van der Waals surface area contributed by atoms with Crippen LogP contribution < -0.4 is 10.2 Å². The number of aromatic nitrogens is 2. The fourth-order valence-corrected chi connectivity index (χ4v) is 5.61. The van der Waals surface area contributed by atoms with Crippen molar-refractivity contribution in [2.24, 2.45) is 11.3 Å². The number of hydrogen-bond acceptors (Lipinski definition) is 6. The van der Waals surface area contributed by atoms with Gasteiger partial charge in [-0.3, -0.25) is 4.79 Å². The van der Waals surface area contributed by atoms with Gasteiger partial charge in [0, 0.05) is 50.7 Å². The second-order valence-corrected chi connectivity index (χ2v) is 8.44. The number of nitrogens with zero attached hydrogens (tertiary/aromatic N) is 4. The van der Waals surface area contributed by atoms with Gasteiger partial charge in [-0.05, 0) is 31.7 Å². The molecular weight excluding hydrogens is 334 g/mol. The Morgan fingerprint density at radius 1 is 1.28 bits per heavy atom. The minimum absolute atomic E-state index is 0.120. The average Bonchev–Trinajstić information content (AvgIpc) is 3.23. The first kappa shape index (κ1) is 17.2. The summed E-state index contributed by atoms with van der Waals surface area (Å²) < 4.78 is 4.41. The van der Waals surface area contributed by atoms with Crippen molar-refractivity contribution in [3.8, 4) is 0 Å². The zero-order chi connectivity index (χ0) is 17.3. The van der Waals surface area contributed by atoms with E-state index in [4.69, 9.17) is 0 Å². The lowest BCUT2D eigenvalue weighted by Crippen LogP contribution is -2.50. The van der Waals surface area contributed by atoms with E-state index in [-0.39, 0.29) is 5.41 Å². The van der Waals surface area contributed by atoms with E-state index >= 15 is 0 Å². The standard InChI is InChI=1S/C18H29N5OS/c1-2-15-20-17(25-21-15)23-9-5-8-22(10-11-23)16(24)18-7-4-3-6-14(18)12-19-13-18/h14,19H,2-13H2,1H3/t14-,18+/m0/s1. The van der Waals surface area contributed by atoms with E-state index in [1.165, 1.54) is 30.8 Å². The quantitative estimate of drug-likeness (QED) is 0.889. The lowest BCUT2D eigenvalue weighted by Gasteiger charge is -2.40. The number of aryl methyl sites for hydroxylation is 1. The highest BCUT2D eigenvalue weighted by atomic mass is 32.1. The van der Waals surface area contributed by atoms with Crippen LogP contribution in [0.3, 0.4) is 0 Å². The number of fused-ring (bicyclic) bond motifs is 1. The van der Waals surface area contributed by atoms with Crippen LogP contribution in [0.25, 0.3) is 0 Å². The maximum absolute atomic E-state index is 13.4. The summed E-state index contributed by atoms with van der Waals surface area (Å²) in [5.74, 6) is 1.89. The molecule has 1 N–H and O–H groups in total. The van der Waals surface area contributed by atoms with Crippen molar-refractivity contribution in [1.29, 1.82) is 0 Å². The van der Waals surface area contributed by atoms with Crippen molar-refractivity contribution in [1.82, 2.24) is 19.6 Å². The Bertz CT molecular complexity index is 620. The van der Waals surface area contributed by atoms with E-state index in [2.05, 4.69) is 31.4 Å². The molecule has 25 heavy (non-hydrogen) atoms. The fourth-order valence-electron chi connectivity index (χ4n) is 4.81. The molecule has 2 atom stereocenters. The van der Waals surface area contributed by atoms with E-state index in [9.17, 15) is 4.79 Å². The smallest absolute Gasteiger partial charge is 0.230 e. The van der Waals surface area contributed by atoms with Crippen LogP contribution in [0.15, 0.2) is 0 Å². The van der Waals surface area contributed by atoms with Crippen LogP contribution in [-0.2, 0) is 11.2 Å². The molecule has 1 saturated carbocycles. The van der Waals surface area contributed by atoms with Gasteiger partial charge in [0.25, 0.3) is 0 Å². The zero-order valence-electron chi connectivity index (χ0n) is 15.2. The minimum atomic E-state index is -0.120. The lowest BCUT2D eigenvalue weighted by molar-refractivity contribution is -0.145.